The van der Waals surface area contributed by atoms with Crippen molar-refractivity contribution in [3.05, 3.63) is 91.2 Å². The molecule has 0 aliphatic heterocycles. The Morgan fingerprint density at radius 3 is 2.46 bits per heavy atom. The van der Waals surface area contributed by atoms with E-state index in [1.54, 1.807) is 10.6 Å². The van der Waals surface area contributed by atoms with Crippen molar-refractivity contribution in [2.45, 2.75) is 6.92 Å². The summed E-state index contributed by atoms with van der Waals surface area (Å²) in [4.78, 5) is 18.2. The van der Waals surface area contributed by atoms with Gasteiger partial charge in [-0.3, -0.25) is 9.36 Å². The molecule has 0 N–H and O–H groups in total. The summed E-state index contributed by atoms with van der Waals surface area (Å²) in [6.07, 6.45) is 0. The summed E-state index contributed by atoms with van der Waals surface area (Å²) in [6, 6.07) is 21.0. The standard InChI is InChI=1S/C21H14ClIN2O/c1-13-6-8-14(9-7-13)20-24-18-11-10-15(23)12-16(18)21(26)25(20)19-5-3-2-4-17(19)22/h2-12H,1H3. The van der Waals surface area contributed by atoms with Crippen LogP contribution in [0.2, 0.25) is 5.02 Å². The number of hydrogen-bond acceptors (Lipinski definition) is 2. The zero-order valence-corrected chi connectivity index (χ0v) is 16.8. The Balaban J connectivity index is 2.14. The monoisotopic (exact) mass is 472 g/mol. The Morgan fingerprint density at radius 2 is 1.73 bits per heavy atom. The predicted molar refractivity (Wildman–Crippen MR) is 115 cm³/mol. The van der Waals surface area contributed by atoms with Gasteiger partial charge in [0.15, 0.2) is 0 Å². The first-order valence-corrected chi connectivity index (χ1v) is 9.54. The van der Waals surface area contributed by atoms with Gasteiger partial charge in [0.2, 0.25) is 0 Å². The number of nitrogens with zero attached hydrogens (tertiary/aromatic N) is 2. The fourth-order valence-electron chi connectivity index (χ4n) is 2.91. The Morgan fingerprint density at radius 1 is 1.00 bits per heavy atom. The fraction of sp³-hybridized carbons (Fsp3) is 0.0476. The zero-order valence-electron chi connectivity index (χ0n) is 13.9. The van der Waals surface area contributed by atoms with Crippen LogP contribution in [0.5, 0.6) is 0 Å². The molecule has 0 radical (unpaired) electrons. The molecular weight excluding hydrogens is 459 g/mol. The van der Waals surface area contributed by atoms with E-state index >= 15 is 0 Å². The molecule has 4 rings (SSSR count). The number of hydrogen-bond donors (Lipinski definition) is 0. The molecule has 0 bridgehead atoms. The first-order valence-electron chi connectivity index (χ1n) is 8.09. The van der Waals surface area contributed by atoms with Crippen LogP contribution in [0.3, 0.4) is 0 Å². The van der Waals surface area contributed by atoms with E-state index in [1.807, 2.05) is 67.6 Å². The van der Waals surface area contributed by atoms with Crippen LogP contribution in [0.15, 0.2) is 71.5 Å². The maximum Gasteiger partial charge on any atom is 0.266 e. The molecule has 4 aromatic rings. The lowest BCUT2D eigenvalue weighted by molar-refractivity contribution is 0.975. The van der Waals surface area contributed by atoms with Crippen LogP contribution in [-0.4, -0.2) is 9.55 Å². The van der Waals surface area contributed by atoms with E-state index in [9.17, 15) is 4.79 Å². The molecule has 0 saturated carbocycles. The first-order chi connectivity index (χ1) is 12.5. The number of para-hydroxylation sites is 1. The molecule has 0 saturated heterocycles. The van der Waals surface area contributed by atoms with Crippen LogP contribution in [0.4, 0.5) is 0 Å². The van der Waals surface area contributed by atoms with E-state index in [-0.39, 0.29) is 5.56 Å². The Labute approximate surface area is 169 Å². The van der Waals surface area contributed by atoms with Gasteiger partial charge in [0, 0.05) is 9.13 Å². The van der Waals surface area contributed by atoms with Gasteiger partial charge >= 0.3 is 0 Å². The average molecular weight is 473 g/mol. The number of fused-ring (bicyclic) bond motifs is 1. The molecule has 0 aliphatic carbocycles. The third kappa shape index (κ3) is 3.04. The van der Waals surface area contributed by atoms with Gasteiger partial charge in [0.1, 0.15) is 5.82 Å². The lowest BCUT2D eigenvalue weighted by atomic mass is 10.1. The van der Waals surface area contributed by atoms with Gasteiger partial charge < -0.3 is 0 Å². The van der Waals surface area contributed by atoms with E-state index in [0.717, 1.165) is 14.7 Å². The van der Waals surface area contributed by atoms with Crippen molar-refractivity contribution in [3.63, 3.8) is 0 Å². The Kier molecular flexibility index (Phi) is 4.54. The summed E-state index contributed by atoms with van der Waals surface area (Å²) in [5.41, 5.74) is 3.19. The van der Waals surface area contributed by atoms with Gasteiger partial charge in [-0.05, 0) is 59.8 Å². The number of rotatable bonds is 2. The summed E-state index contributed by atoms with van der Waals surface area (Å²) >= 11 is 8.61. The third-order valence-electron chi connectivity index (χ3n) is 4.23. The van der Waals surface area contributed by atoms with Crippen molar-refractivity contribution in [1.29, 1.82) is 0 Å². The second-order valence-corrected chi connectivity index (χ2v) is 7.71. The lowest BCUT2D eigenvalue weighted by Crippen LogP contribution is -2.22. The highest BCUT2D eigenvalue weighted by molar-refractivity contribution is 14.1. The second kappa shape index (κ2) is 6.85. The summed E-state index contributed by atoms with van der Waals surface area (Å²) in [6.45, 7) is 2.03. The summed E-state index contributed by atoms with van der Waals surface area (Å²) in [5, 5.41) is 1.09. The quantitative estimate of drug-likeness (QED) is 0.355. The van der Waals surface area contributed by atoms with Crippen LogP contribution < -0.4 is 5.56 Å². The number of halogens is 2. The smallest absolute Gasteiger partial charge is 0.266 e. The summed E-state index contributed by atoms with van der Waals surface area (Å²) in [7, 11) is 0. The van der Waals surface area contributed by atoms with Crippen LogP contribution in [-0.2, 0) is 0 Å². The SMILES string of the molecule is Cc1ccc(-c2nc3ccc(I)cc3c(=O)n2-c2ccccc2Cl)cc1. The maximum atomic E-state index is 13.4. The van der Waals surface area contributed by atoms with Crippen molar-refractivity contribution < 1.29 is 0 Å². The molecule has 1 heterocycles. The van der Waals surface area contributed by atoms with Crippen molar-refractivity contribution >= 4 is 45.1 Å². The van der Waals surface area contributed by atoms with Crippen molar-refractivity contribution in [2.75, 3.05) is 0 Å². The molecule has 3 nitrogen and oxygen atoms in total. The molecule has 1 aromatic heterocycles. The molecule has 0 aliphatic rings. The minimum Gasteiger partial charge on any atom is -0.268 e. The first kappa shape index (κ1) is 17.2. The second-order valence-electron chi connectivity index (χ2n) is 6.05. The average Bonchev–Trinajstić information content (AvgIpc) is 2.64. The minimum atomic E-state index is -0.128. The normalized spacial score (nSPS) is 11.0. The van der Waals surface area contributed by atoms with E-state index in [1.165, 1.54) is 0 Å². The lowest BCUT2D eigenvalue weighted by Gasteiger charge is -2.15. The number of benzene rings is 3. The van der Waals surface area contributed by atoms with Gasteiger partial charge in [-0.15, -0.1) is 0 Å². The van der Waals surface area contributed by atoms with Crippen molar-refractivity contribution in [2.24, 2.45) is 0 Å². The molecule has 0 atom stereocenters. The Hall–Kier alpha value is -2.18. The van der Waals surface area contributed by atoms with Crippen LogP contribution in [0, 0.1) is 10.5 Å². The molecule has 3 aromatic carbocycles. The van der Waals surface area contributed by atoms with E-state index < -0.39 is 0 Å². The third-order valence-corrected chi connectivity index (χ3v) is 5.22. The molecule has 128 valence electrons. The zero-order chi connectivity index (χ0) is 18.3. The predicted octanol–water partition coefficient (Wildman–Crippen LogP) is 5.62. The minimum absolute atomic E-state index is 0.128. The van der Waals surface area contributed by atoms with Gasteiger partial charge in [0.05, 0.1) is 21.6 Å². The van der Waals surface area contributed by atoms with E-state index in [2.05, 4.69) is 22.6 Å². The van der Waals surface area contributed by atoms with Crippen LogP contribution in [0.25, 0.3) is 28.0 Å². The molecule has 0 spiro atoms. The molecule has 26 heavy (non-hydrogen) atoms. The molecule has 0 unspecified atom stereocenters. The molecular formula is C21H14ClIN2O. The highest BCUT2D eigenvalue weighted by Gasteiger charge is 2.16. The van der Waals surface area contributed by atoms with Crippen LogP contribution >= 0.6 is 34.2 Å². The van der Waals surface area contributed by atoms with Gasteiger partial charge in [-0.25, -0.2) is 4.98 Å². The highest BCUT2D eigenvalue weighted by Crippen LogP contribution is 2.26. The molecule has 5 heteroatoms. The summed E-state index contributed by atoms with van der Waals surface area (Å²) in [5.74, 6) is 0.580. The summed E-state index contributed by atoms with van der Waals surface area (Å²) < 4.78 is 2.59. The largest absolute Gasteiger partial charge is 0.268 e. The number of aryl methyl sites for hydroxylation is 1. The van der Waals surface area contributed by atoms with Gasteiger partial charge in [-0.2, -0.15) is 0 Å². The highest BCUT2D eigenvalue weighted by atomic mass is 127. The number of aromatic nitrogens is 2. The van der Waals surface area contributed by atoms with Crippen LogP contribution in [0.1, 0.15) is 5.56 Å². The van der Waals surface area contributed by atoms with Gasteiger partial charge in [-0.1, -0.05) is 53.6 Å². The Bertz CT molecular complexity index is 1180. The fourth-order valence-corrected chi connectivity index (χ4v) is 3.62. The molecule has 0 fully saturated rings. The van der Waals surface area contributed by atoms with E-state index in [4.69, 9.17) is 16.6 Å². The van der Waals surface area contributed by atoms with Gasteiger partial charge in [0.25, 0.3) is 5.56 Å². The van der Waals surface area contributed by atoms with E-state index in [0.29, 0.717) is 27.4 Å². The molecule has 0 amide bonds. The van der Waals surface area contributed by atoms with Crippen molar-refractivity contribution in [3.8, 4) is 17.1 Å². The maximum absolute atomic E-state index is 13.4. The van der Waals surface area contributed by atoms with Crippen molar-refractivity contribution in [1.82, 2.24) is 9.55 Å². The topological polar surface area (TPSA) is 34.9 Å².